The van der Waals surface area contributed by atoms with Crippen LogP contribution in [0.1, 0.15) is 73.1 Å². The van der Waals surface area contributed by atoms with E-state index in [9.17, 15) is 0 Å². The van der Waals surface area contributed by atoms with E-state index in [4.69, 9.17) is 0 Å². The molecular formula is C18H36N2. The molecule has 0 amide bonds. The molecule has 2 nitrogen and oxygen atoms in total. The maximum absolute atomic E-state index is 4.03. The Balaban J connectivity index is 1.82. The molecule has 0 bridgehead atoms. The molecule has 20 heavy (non-hydrogen) atoms. The lowest BCUT2D eigenvalue weighted by Gasteiger charge is -2.43. The average molecular weight is 281 g/mol. The van der Waals surface area contributed by atoms with Crippen LogP contribution in [0, 0.1) is 11.8 Å². The molecule has 2 fully saturated rings. The highest BCUT2D eigenvalue weighted by molar-refractivity contribution is 4.89. The maximum Gasteiger partial charge on any atom is 0.0125 e. The van der Waals surface area contributed by atoms with Gasteiger partial charge in [-0.15, -0.1) is 0 Å². The maximum atomic E-state index is 4.03. The van der Waals surface area contributed by atoms with Gasteiger partial charge in [-0.25, -0.2) is 0 Å². The molecule has 1 N–H and O–H groups in total. The first-order chi connectivity index (χ1) is 9.38. The molecular weight excluding hydrogens is 244 g/mol. The number of nitrogens with one attached hydrogen (secondary N) is 1. The lowest BCUT2D eigenvalue weighted by molar-refractivity contribution is 0.0856. The largest absolute Gasteiger partial charge is 0.311 e. The number of hydrogen-bond acceptors (Lipinski definition) is 2. The lowest BCUT2D eigenvalue weighted by atomic mass is 9.77. The Bertz CT molecular complexity index is 284. The van der Waals surface area contributed by atoms with Crippen LogP contribution in [0.4, 0.5) is 0 Å². The molecule has 0 spiro atoms. The molecule has 1 saturated carbocycles. The van der Waals surface area contributed by atoms with E-state index < -0.39 is 0 Å². The van der Waals surface area contributed by atoms with Gasteiger partial charge in [0.15, 0.2) is 0 Å². The van der Waals surface area contributed by atoms with E-state index in [-0.39, 0.29) is 0 Å². The highest BCUT2D eigenvalue weighted by Crippen LogP contribution is 2.31. The SMILES string of the molecule is CC(C)C1CCCCC1NC1CCN(C(C)(C)C)CC1. The summed E-state index contributed by atoms with van der Waals surface area (Å²) in [5.74, 6) is 1.74. The van der Waals surface area contributed by atoms with Gasteiger partial charge < -0.3 is 5.32 Å². The minimum atomic E-state index is 0.344. The molecule has 1 aliphatic carbocycles. The van der Waals surface area contributed by atoms with Gasteiger partial charge in [0.1, 0.15) is 0 Å². The number of hydrogen-bond donors (Lipinski definition) is 1. The first-order valence-electron chi connectivity index (χ1n) is 8.89. The predicted molar refractivity (Wildman–Crippen MR) is 88.1 cm³/mol. The fourth-order valence-electron chi connectivity index (χ4n) is 4.18. The van der Waals surface area contributed by atoms with Crippen molar-refractivity contribution in [2.24, 2.45) is 11.8 Å². The summed E-state index contributed by atoms with van der Waals surface area (Å²) < 4.78 is 0. The molecule has 118 valence electrons. The second-order valence-electron chi connectivity index (χ2n) is 8.40. The zero-order chi connectivity index (χ0) is 14.8. The summed E-state index contributed by atoms with van der Waals surface area (Å²) in [5.41, 5.74) is 0.344. The Morgan fingerprint density at radius 2 is 1.55 bits per heavy atom. The van der Waals surface area contributed by atoms with Crippen molar-refractivity contribution in [3.63, 3.8) is 0 Å². The van der Waals surface area contributed by atoms with Gasteiger partial charge in [0.2, 0.25) is 0 Å². The van der Waals surface area contributed by atoms with Gasteiger partial charge in [-0.3, -0.25) is 4.90 Å². The van der Waals surface area contributed by atoms with Crippen molar-refractivity contribution in [1.29, 1.82) is 0 Å². The topological polar surface area (TPSA) is 15.3 Å². The third-order valence-electron chi connectivity index (χ3n) is 5.57. The number of piperidine rings is 1. The minimum absolute atomic E-state index is 0.344. The van der Waals surface area contributed by atoms with Crippen LogP contribution in [-0.4, -0.2) is 35.6 Å². The number of rotatable bonds is 3. The summed E-state index contributed by atoms with van der Waals surface area (Å²) in [5, 5.41) is 4.03. The lowest BCUT2D eigenvalue weighted by Crippen LogP contribution is -2.53. The monoisotopic (exact) mass is 280 g/mol. The fraction of sp³-hybridized carbons (Fsp3) is 1.00. The van der Waals surface area contributed by atoms with E-state index in [0.717, 1.165) is 23.9 Å². The summed E-state index contributed by atoms with van der Waals surface area (Å²) in [6.07, 6.45) is 8.39. The van der Waals surface area contributed by atoms with E-state index in [1.165, 1.54) is 51.6 Å². The van der Waals surface area contributed by atoms with Crippen molar-refractivity contribution in [2.45, 2.75) is 90.8 Å². The van der Waals surface area contributed by atoms with Crippen LogP contribution in [0.25, 0.3) is 0 Å². The van der Waals surface area contributed by atoms with E-state index in [1.807, 2.05) is 0 Å². The van der Waals surface area contributed by atoms with E-state index in [1.54, 1.807) is 0 Å². The Morgan fingerprint density at radius 3 is 2.10 bits per heavy atom. The fourth-order valence-corrected chi connectivity index (χ4v) is 4.18. The van der Waals surface area contributed by atoms with E-state index >= 15 is 0 Å². The first-order valence-corrected chi connectivity index (χ1v) is 8.89. The van der Waals surface area contributed by atoms with Crippen molar-refractivity contribution in [1.82, 2.24) is 10.2 Å². The van der Waals surface area contributed by atoms with Crippen molar-refractivity contribution in [3.8, 4) is 0 Å². The summed E-state index contributed by atoms with van der Waals surface area (Å²) in [7, 11) is 0. The van der Waals surface area contributed by atoms with Crippen LogP contribution in [0.3, 0.4) is 0 Å². The summed E-state index contributed by atoms with van der Waals surface area (Å²) in [6.45, 7) is 14.4. The molecule has 0 aromatic carbocycles. The minimum Gasteiger partial charge on any atom is -0.311 e. The zero-order valence-electron chi connectivity index (χ0n) is 14.4. The standard InChI is InChI=1S/C18H36N2/c1-14(2)16-8-6-7-9-17(16)19-15-10-12-20(13-11-15)18(3,4)5/h14-17,19H,6-13H2,1-5H3. The van der Waals surface area contributed by atoms with Gasteiger partial charge in [0.25, 0.3) is 0 Å². The molecule has 2 heteroatoms. The van der Waals surface area contributed by atoms with Gasteiger partial charge in [0.05, 0.1) is 0 Å². The predicted octanol–water partition coefficient (Wildman–Crippen LogP) is 4.05. The van der Waals surface area contributed by atoms with Crippen molar-refractivity contribution in [2.75, 3.05) is 13.1 Å². The molecule has 2 rings (SSSR count). The molecule has 1 aliphatic heterocycles. The number of nitrogens with zero attached hydrogens (tertiary/aromatic N) is 1. The molecule has 0 aromatic rings. The van der Waals surface area contributed by atoms with Gasteiger partial charge in [-0.05, 0) is 58.3 Å². The van der Waals surface area contributed by atoms with Crippen LogP contribution in [0.15, 0.2) is 0 Å². The zero-order valence-corrected chi connectivity index (χ0v) is 14.4. The Morgan fingerprint density at radius 1 is 0.950 bits per heavy atom. The van der Waals surface area contributed by atoms with Gasteiger partial charge >= 0.3 is 0 Å². The Kier molecular flexibility index (Phi) is 5.53. The quantitative estimate of drug-likeness (QED) is 0.839. The molecule has 2 aliphatic rings. The van der Waals surface area contributed by atoms with Crippen molar-refractivity contribution >= 4 is 0 Å². The van der Waals surface area contributed by atoms with Crippen LogP contribution in [0.5, 0.6) is 0 Å². The second-order valence-corrected chi connectivity index (χ2v) is 8.40. The third-order valence-corrected chi connectivity index (χ3v) is 5.57. The third kappa shape index (κ3) is 4.21. The Hall–Kier alpha value is -0.0800. The summed E-state index contributed by atoms with van der Waals surface area (Å²) in [6, 6.07) is 1.55. The smallest absolute Gasteiger partial charge is 0.0125 e. The highest BCUT2D eigenvalue weighted by atomic mass is 15.2. The van der Waals surface area contributed by atoms with Crippen LogP contribution in [0.2, 0.25) is 0 Å². The van der Waals surface area contributed by atoms with Gasteiger partial charge in [-0.1, -0.05) is 26.7 Å². The molecule has 1 heterocycles. The van der Waals surface area contributed by atoms with Gasteiger partial charge in [-0.2, -0.15) is 0 Å². The van der Waals surface area contributed by atoms with E-state index in [2.05, 4.69) is 44.8 Å². The summed E-state index contributed by atoms with van der Waals surface area (Å²) in [4.78, 5) is 2.64. The summed E-state index contributed by atoms with van der Waals surface area (Å²) >= 11 is 0. The normalized spacial score (nSPS) is 30.9. The molecule has 2 unspecified atom stereocenters. The molecule has 2 atom stereocenters. The number of likely N-dealkylation sites (tertiary alicyclic amines) is 1. The van der Waals surface area contributed by atoms with Crippen LogP contribution < -0.4 is 5.32 Å². The molecule has 0 aromatic heterocycles. The van der Waals surface area contributed by atoms with Gasteiger partial charge in [0, 0.05) is 30.7 Å². The van der Waals surface area contributed by atoms with Crippen molar-refractivity contribution < 1.29 is 0 Å². The molecule has 1 saturated heterocycles. The Labute approximate surface area is 126 Å². The highest BCUT2D eigenvalue weighted by Gasteiger charge is 2.32. The molecule has 0 radical (unpaired) electrons. The van der Waals surface area contributed by atoms with Crippen molar-refractivity contribution in [3.05, 3.63) is 0 Å². The van der Waals surface area contributed by atoms with E-state index in [0.29, 0.717) is 5.54 Å². The average Bonchev–Trinajstić information content (AvgIpc) is 2.38. The second kappa shape index (κ2) is 6.79. The van der Waals surface area contributed by atoms with Crippen LogP contribution >= 0.6 is 0 Å². The van der Waals surface area contributed by atoms with Crippen LogP contribution in [-0.2, 0) is 0 Å². The first kappa shape index (κ1) is 16.3.